The number of rotatable bonds is 4. The second-order valence-electron chi connectivity index (χ2n) is 3.57. The predicted molar refractivity (Wildman–Crippen MR) is 60.3 cm³/mol. The molecule has 2 rings (SSSR count). The SMILES string of the molecule is CCn1nccc1C(NN)c1nccn1C. The Morgan fingerprint density at radius 2 is 2.31 bits per heavy atom. The third-order valence-electron chi connectivity index (χ3n) is 2.63. The first-order chi connectivity index (χ1) is 7.77. The van der Waals surface area contributed by atoms with E-state index in [4.69, 9.17) is 5.84 Å². The van der Waals surface area contributed by atoms with Crippen molar-refractivity contribution in [2.45, 2.75) is 19.5 Å². The highest BCUT2D eigenvalue weighted by Crippen LogP contribution is 2.18. The monoisotopic (exact) mass is 220 g/mol. The van der Waals surface area contributed by atoms with Gasteiger partial charge in [0.15, 0.2) is 0 Å². The lowest BCUT2D eigenvalue weighted by molar-refractivity contribution is 0.515. The number of imidazole rings is 1. The zero-order chi connectivity index (χ0) is 11.5. The molecule has 0 fully saturated rings. The Balaban J connectivity index is 2.40. The number of hydrogen-bond donors (Lipinski definition) is 2. The van der Waals surface area contributed by atoms with E-state index in [1.165, 1.54) is 0 Å². The van der Waals surface area contributed by atoms with Gasteiger partial charge in [-0.2, -0.15) is 5.10 Å². The van der Waals surface area contributed by atoms with Crippen molar-refractivity contribution in [2.75, 3.05) is 0 Å². The van der Waals surface area contributed by atoms with Crippen LogP contribution in [0.3, 0.4) is 0 Å². The van der Waals surface area contributed by atoms with Crippen LogP contribution in [0.15, 0.2) is 24.7 Å². The van der Waals surface area contributed by atoms with Gasteiger partial charge < -0.3 is 4.57 Å². The summed E-state index contributed by atoms with van der Waals surface area (Å²) in [6.07, 6.45) is 5.42. The van der Waals surface area contributed by atoms with Gasteiger partial charge in [0.2, 0.25) is 0 Å². The second-order valence-corrected chi connectivity index (χ2v) is 3.57. The average Bonchev–Trinajstić information content (AvgIpc) is 2.90. The summed E-state index contributed by atoms with van der Waals surface area (Å²) in [6, 6.07) is 1.81. The minimum atomic E-state index is -0.137. The summed E-state index contributed by atoms with van der Waals surface area (Å²) in [7, 11) is 1.94. The van der Waals surface area contributed by atoms with E-state index in [9.17, 15) is 0 Å². The van der Waals surface area contributed by atoms with Gasteiger partial charge in [-0.15, -0.1) is 0 Å². The largest absolute Gasteiger partial charge is 0.336 e. The zero-order valence-corrected chi connectivity index (χ0v) is 9.46. The Labute approximate surface area is 94.1 Å². The minimum Gasteiger partial charge on any atom is -0.336 e. The Kier molecular flexibility index (Phi) is 3.02. The fourth-order valence-electron chi connectivity index (χ4n) is 1.80. The fourth-order valence-corrected chi connectivity index (χ4v) is 1.80. The molecular weight excluding hydrogens is 204 g/mol. The van der Waals surface area contributed by atoms with Crippen molar-refractivity contribution >= 4 is 0 Å². The normalized spacial score (nSPS) is 12.9. The van der Waals surface area contributed by atoms with Gasteiger partial charge in [-0.1, -0.05) is 0 Å². The maximum atomic E-state index is 5.60. The fraction of sp³-hybridized carbons (Fsp3) is 0.400. The topological polar surface area (TPSA) is 73.7 Å². The number of aromatic nitrogens is 4. The van der Waals surface area contributed by atoms with Crippen LogP contribution in [0.25, 0.3) is 0 Å². The van der Waals surface area contributed by atoms with E-state index in [2.05, 4.69) is 15.5 Å². The lowest BCUT2D eigenvalue weighted by Crippen LogP contribution is -2.32. The molecule has 1 unspecified atom stereocenters. The minimum absolute atomic E-state index is 0.137. The summed E-state index contributed by atoms with van der Waals surface area (Å²) in [5, 5.41) is 4.23. The molecular formula is C10H16N6. The third-order valence-corrected chi connectivity index (χ3v) is 2.63. The molecule has 0 aromatic carbocycles. The third kappa shape index (κ3) is 1.72. The number of aryl methyl sites for hydroxylation is 2. The van der Waals surface area contributed by atoms with E-state index >= 15 is 0 Å². The average molecular weight is 220 g/mol. The number of hydrogen-bond acceptors (Lipinski definition) is 4. The molecule has 3 N–H and O–H groups in total. The molecule has 0 saturated carbocycles. The standard InChI is InChI=1S/C10H16N6/c1-3-16-8(4-5-13-16)9(14-11)10-12-6-7-15(10)2/h4-7,9,14H,3,11H2,1-2H3. The second kappa shape index (κ2) is 4.46. The summed E-state index contributed by atoms with van der Waals surface area (Å²) in [4.78, 5) is 4.30. The van der Waals surface area contributed by atoms with E-state index in [0.717, 1.165) is 18.1 Å². The molecule has 0 spiro atoms. The van der Waals surface area contributed by atoms with Gasteiger partial charge in [0, 0.05) is 32.2 Å². The first-order valence-corrected chi connectivity index (χ1v) is 5.23. The highest BCUT2D eigenvalue weighted by atomic mass is 15.3. The Morgan fingerprint density at radius 1 is 1.50 bits per heavy atom. The maximum Gasteiger partial charge on any atom is 0.133 e. The number of hydrazine groups is 1. The van der Waals surface area contributed by atoms with Crippen LogP contribution in [0.2, 0.25) is 0 Å². The molecule has 0 bridgehead atoms. The summed E-state index contributed by atoms with van der Waals surface area (Å²) >= 11 is 0. The molecule has 6 nitrogen and oxygen atoms in total. The van der Waals surface area contributed by atoms with Crippen LogP contribution in [0.1, 0.15) is 24.5 Å². The van der Waals surface area contributed by atoms with Crippen LogP contribution in [-0.2, 0) is 13.6 Å². The molecule has 2 aromatic heterocycles. The first kappa shape index (κ1) is 10.8. The highest BCUT2D eigenvalue weighted by Gasteiger charge is 2.19. The molecule has 1 atom stereocenters. The number of nitrogens with one attached hydrogen (secondary N) is 1. The van der Waals surface area contributed by atoms with Crippen LogP contribution < -0.4 is 11.3 Å². The lowest BCUT2D eigenvalue weighted by atomic mass is 10.2. The van der Waals surface area contributed by atoms with Crippen LogP contribution >= 0.6 is 0 Å². The van der Waals surface area contributed by atoms with Crippen molar-refractivity contribution in [3.8, 4) is 0 Å². The molecule has 0 saturated heterocycles. The summed E-state index contributed by atoms with van der Waals surface area (Å²) < 4.78 is 3.84. The van der Waals surface area contributed by atoms with E-state index < -0.39 is 0 Å². The van der Waals surface area contributed by atoms with Gasteiger partial charge in [0.25, 0.3) is 0 Å². The van der Waals surface area contributed by atoms with Gasteiger partial charge >= 0.3 is 0 Å². The zero-order valence-electron chi connectivity index (χ0n) is 9.46. The Bertz CT molecular complexity index is 457. The highest BCUT2D eigenvalue weighted by molar-refractivity contribution is 5.17. The van der Waals surface area contributed by atoms with Crippen LogP contribution in [-0.4, -0.2) is 19.3 Å². The van der Waals surface area contributed by atoms with Crippen LogP contribution in [0.4, 0.5) is 0 Å². The Morgan fingerprint density at radius 3 is 2.88 bits per heavy atom. The number of nitrogens with two attached hydrogens (primary N) is 1. The van der Waals surface area contributed by atoms with Crippen molar-refractivity contribution in [1.82, 2.24) is 24.8 Å². The molecule has 2 heterocycles. The van der Waals surface area contributed by atoms with Crippen LogP contribution in [0.5, 0.6) is 0 Å². The van der Waals surface area contributed by atoms with Gasteiger partial charge in [0.1, 0.15) is 11.9 Å². The van der Waals surface area contributed by atoms with E-state index in [1.807, 2.05) is 35.5 Å². The molecule has 0 aliphatic heterocycles. The van der Waals surface area contributed by atoms with E-state index in [1.54, 1.807) is 12.4 Å². The van der Waals surface area contributed by atoms with Gasteiger partial charge in [-0.05, 0) is 13.0 Å². The van der Waals surface area contributed by atoms with Crippen molar-refractivity contribution in [1.29, 1.82) is 0 Å². The van der Waals surface area contributed by atoms with E-state index in [0.29, 0.717) is 0 Å². The summed E-state index contributed by atoms with van der Waals surface area (Å²) in [5.74, 6) is 6.48. The summed E-state index contributed by atoms with van der Waals surface area (Å²) in [5.41, 5.74) is 3.79. The molecule has 0 aliphatic carbocycles. The lowest BCUT2D eigenvalue weighted by Gasteiger charge is -2.16. The van der Waals surface area contributed by atoms with Crippen molar-refractivity contribution in [2.24, 2.45) is 12.9 Å². The van der Waals surface area contributed by atoms with Gasteiger partial charge in [-0.3, -0.25) is 10.5 Å². The molecule has 0 radical (unpaired) electrons. The van der Waals surface area contributed by atoms with Crippen molar-refractivity contribution in [3.05, 3.63) is 36.2 Å². The maximum absolute atomic E-state index is 5.60. The molecule has 16 heavy (non-hydrogen) atoms. The van der Waals surface area contributed by atoms with Crippen molar-refractivity contribution < 1.29 is 0 Å². The first-order valence-electron chi connectivity index (χ1n) is 5.23. The predicted octanol–water partition coefficient (Wildman–Crippen LogP) is 0.189. The molecule has 2 aromatic rings. The molecule has 6 heteroatoms. The van der Waals surface area contributed by atoms with Crippen LogP contribution in [0, 0.1) is 0 Å². The molecule has 86 valence electrons. The quantitative estimate of drug-likeness (QED) is 0.570. The molecule has 0 aliphatic rings. The van der Waals surface area contributed by atoms with Gasteiger partial charge in [0.05, 0.1) is 5.69 Å². The Hall–Kier alpha value is -1.66. The molecule has 0 amide bonds. The van der Waals surface area contributed by atoms with Crippen molar-refractivity contribution in [3.63, 3.8) is 0 Å². The van der Waals surface area contributed by atoms with Gasteiger partial charge in [-0.25, -0.2) is 10.4 Å². The van der Waals surface area contributed by atoms with E-state index in [-0.39, 0.29) is 6.04 Å². The number of nitrogens with zero attached hydrogens (tertiary/aromatic N) is 4. The smallest absolute Gasteiger partial charge is 0.133 e. The summed E-state index contributed by atoms with van der Waals surface area (Å²) in [6.45, 7) is 2.85.